The predicted molar refractivity (Wildman–Crippen MR) is 91.0 cm³/mol. The number of nitrogens with one attached hydrogen (secondary N) is 1. The van der Waals surface area contributed by atoms with Crippen LogP contribution in [0.5, 0.6) is 11.5 Å². The maximum absolute atomic E-state index is 12.0. The van der Waals surface area contributed by atoms with E-state index in [9.17, 15) is 4.79 Å². The van der Waals surface area contributed by atoms with Crippen LogP contribution in [0.2, 0.25) is 0 Å². The number of amides is 1. The summed E-state index contributed by atoms with van der Waals surface area (Å²) in [6, 6.07) is 11.6. The van der Waals surface area contributed by atoms with Gasteiger partial charge in [-0.25, -0.2) is 0 Å². The Hall–Kier alpha value is -2.49. The fraction of sp³-hybridized carbons (Fsp3) is 0.316. The van der Waals surface area contributed by atoms with Gasteiger partial charge in [0.15, 0.2) is 6.61 Å². The van der Waals surface area contributed by atoms with Gasteiger partial charge in [0.05, 0.1) is 7.11 Å². The molecule has 4 heteroatoms. The molecule has 0 bridgehead atoms. The molecule has 0 heterocycles. The minimum atomic E-state index is -0.159. The van der Waals surface area contributed by atoms with Crippen LogP contribution < -0.4 is 14.8 Å². The Morgan fingerprint density at radius 2 is 1.70 bits per heavy atom. The number of aryl methyl sites for hydroxylation is 3. The average molecular weight is 313 g/mol. The quantitative estimate of drug-likeness (QED) is 0.890. The highest BCUT2D eigenvalue weighted by Gasteiger charge is 2.08. The van der Waals surface area contributed by atoms with E-state index >= 15 is 0 Å². The molecule has 2 aromatic carbocycles. The van der Waals surface area contributed by atoms with E-state index in [0.717, 1.165) is 28.2 Å². The van der Waals surface area contributed by atoms with Crippen LogP contribution in [-0.2, 0) is 11.3 Å². The highest BCUT2D eigenvalue weighted by atomic mass is 16.5. The Balaban J connectivity index is 1.89. The Morgan fingerprint density at radius 3 is 2.43 bits per heavy atom. The van der Waals surface area contributed by atoms with Crippen molar-refractivity contribution in [3.05, 3.63) is 58.7 Å². The van der Waals surface area contributed by atoms with E-state index in [4.69, 9.17) is 9.47 Å². The fourth-order valence-electron chi connectivity index (χ4n) is 2.33. The lowest BCUT2D eigenvalue weighted by Crippen LogP contribution is -2.28. The van der Waals surface area contributed by atoms with Crippen molar-refractivity contribution >= 4 is 5.91 Å². The third-order valence-corrected chi connectivity index (χ3v) is 3.82. The van der Waals surface area contributed by atoms with Gasteiger partial charge in [0.1, 0.15) is 11.5 Å². The summed E-state index contributed by atoms with van der Waals surface area (Å²) in [7, 11) is 1.62. The first-order valence-electron chi connectivity index (χ1n) is 7.60. The zero-order valence-electron chi connectivity index (χ0n) is 14.1. The van der Waals surface area contributed by atoms with Crippen molar-refractivity contribution in [2.24, 2.45) is 0 Å². The maximum atomic E-state index is 12.0. The molecule has 23 heavy (non-hydrogen) atoms. The number of hydrogen-bond acceptors (Lipinski definition) is 3. The molecular formula is C19H23NO3. The normalized spacial score (nSPS) is 10.3. The Morgan fingerprint density at radius 1 is 1.00 bits per heavy atom. The first kappa shape index (κ1) is 16.9. The van der Waals surface area contributed by atoms with Gasteiger partial charge in [-0.1, -0.05) is 24.3 Å². The Kier molecular flexibility index (Phi) is 5.63. The number of para-hydroxylation sites is 1. The monoisotopic (exact) mass is 313 g/mol. The lowest BCUT2D eigenvalue weighted by molar-refractivity contribution is -0.123. The molecule has 122 valence electrons. The van der Waals surface area contributed by atoms with Gasteiger partial charge >= 0.3 is 0 Å². The van der Waals surface area contributed by atoms with E-state index in [1.807, 2.05) is 44.2 Å². The van der Waals surface area contributed by atoms with Crippen LogP contribution in [0.15, 0.2) is 36.4 Å². The van der Waals surface area contributed by atoms with Crippen molar-refractivity contribution in [1.82, 2.24) is 5.32 Å². The van der Waals surface area contributed by atoms with Crippen LogP contribution in [0.3, 0.4) is 0 Å². The van der Waals surface area contributed by atoms with E-state index in [0.29, 0.717) is 6.54 Å². The molecule has 0 aliphatic heterocycles. The SMILES string of the molecule is COc1ccccc1CNC(=O)COc1cc(C)c(C)cc1C. The summed E-state index contributed by atoms with van der Waals surface area (Å²) in [4.78, 5) is 12.0. The molecular weight excluding hydrogens is 290 g/mol. The molecule has 0 radical (unpaired) electrons. The molecule has 1 N–H and O–H groups in total. The second kappa shape index (κ2) is 7.68. The van der Waals surface area contributed by atoms with Crippen molar-refractivity contribution < 1.29 is 14.3 Å². The summed E-state index contributed by atoms with van der Waals surface area (Å²) >= 11 is 0. The Labute approximate surface area is 137 Å². The van der Waals surface area contributed by atoms with E-state index in [-0.39, 0.29) is 12.5 Å². The first-order valence-corrected chi connectivity index (χ1v) is 7.60. The lowest BCUT2D eigenvalue weighted by atomic mass is 10.1. The maximum Gasteiger partial charge on any atom is 0.258 e. The molecule has 2 aromatic rings. The summed E-state index contributed by atoms with van der Waals surface area (Å²) in [6.07, 6.45) is 0. The first-order chi connectivity index (χ1) is 11.0. The van der Waals surface area contributed by atoms with Crippen LogP contribution in [0.1, 0.15) is 22.3 Å². The van der Waals surface area contributed by atoms with Crippen molar-refractivity contribution in [2.75, 3.05) is 13.7 Å². The molecule has 0 aromatic heterocycles. The van der Waals surface area contributed by atoms with Crippen LogP contribution >= 0.6 is 0 Å². The van der Waals surface area contributed by atoms with Crippen molar-refractivity contribution in [2.45, 2.75) is 27.3 Å². The molecule has 0 spiro atoms. The molecule has 0 aliphatic carbocycles. The lowest BCUT2D eigenvalue weighted by Gasteiger charge is -2.12. The number of hydrogen-bond donors (Lipinski definition) is 1. The molecule has 0 saturated carbocycles. The number of benzene rings is 2. The van der Waals surface area contributed by atoms with Gasteiger partial charge < -0.3 is 14.8 Å². The van der Waals surface area contributed by atoms with E-state index < -0.39 is 0 Å². The number of carbonyl (C=O) groups is 1. The Bertz CT molecular complexity index is 695. The van der Waals surface area contributed by atoms with Gasteiger partial charge in [0.25, 0.3) is 5.91 Å². The van der Waals surface area contributed by atoms with Crippen LogP contribution in [0.4, 0.5) is 0 Å². The molecule has 0 aliphatic rings. The van der Waals surface area contributed by atoms with Crippen molar-refractivity contribution in [1.29, 1.82) is 0 Å². The van der Waals surface area contributed by atoms with Gasteiger partial charge in [0.2, 0.25) is 0 Å². The zero-order valence-corrected chi connectivity index (χ0v) is 14.1. The van der Waals surface area contributed by atoms with Gasteiger partial charge in [0, 0.05) is 12.1 Å². The predicted octanol–water partition coefficient (Wildman–Crippen LogP) is 3.32. The summed E-state index contributed by atoms with van der Waals surface area (Å²) in [6.45, 7) is 6.49. The van der Waals surface area contributed by atoms with E-state index in [1.165, 1.54) is 5.56 Å². The molecule has 0 unspecified atom stereocenters. The number of methoxy groups -OCH3 is 1. The fourth-order valence-corrected chi connectivity index (χ4v) is 2.33. The molecule has 0 saturated heterocycles. The second-order valence-corrected chi connectivity index (χ2v) is 5.58. The topological polar surface area (TPSA) is 47.6 Å². The summed E-state index contributed by atoms with van der Waals surface area (Å²) in [5.41, 5.74) is 4.34. The average Bonchev–Trinajstić information content (AvgIpc) is 2.55. The molecule has 2 rings (SSSR count). The molecule has 0 fully saturated rings. The highest BCUT2D eigenvalue weighted by molar-refractivity contribution is 5.77. The number of ether oxygens (including phenoxy) is 2. The molecule has 4 nitrogen and oxygen atoms in total. The summed E-state index contributed by atoms with van der Waals surface area (Å²) in [5, 5.41) is 2.85. The summed E-state index contributed by atoms with van der Waals surface area (Å²) < 4.78 is 10.9. The standard InChI is InChI=1S/C19H23NO3/c1-13-9-15(3)18(10-14(13)2)23-12-19(21)20-11-16-7-5-6-8-17(16)22-4/h5-10H,11-12H2,1-4H3,(H,20,21). The minimum absolute atomic E-state index is 0.00150. The summed E-state index contributed by atoms with van der Waals surface area (Å²) in [5.74, 6) is 1.35. The van der Waals surface area contributed by atoms with Gasteiger partial charge in [-0.05, 0) is 49.6 Å². The zero-order chi connectivity index (χ0) is 16.8. The van der Waals surface area contributed by atoms with E-state index in [2.05, 4.69) is 18.3 Å². The van der Waals surface area contributed by atoms with Gasteiger partial charge in [-0.3, -0.25) is 4.79 Å². The third-order valence-electron chi connectivity index (χ3n) is 3.82. The van der Waals surface area contributed by atoms with Crippen molar-refractivity contribution in [3.63, 3.8) is 0 Å². The van der Waals surface area contributed by atoms with Crippen LogP contribution in [0, 0.1) is 20.8 Å². The molecule has 0 atom stereocenters. The molecule has 1 amide bonds. The van der Waals surface area contributed by atoms with Gasteiger partial charge in [-0.15, -0.1) is 0 Å². The largest absolute Gasteiger partial charge is 0.496 e. The smallest absolute Gasteiger partial charge is 0.258 e. The van der Waals surface area contributed by atoms with Crippen LogP contribution in [-0.4, -0.2) is 19.6 Å². The van der Waals surface area contributed by atoms with Crippen molar-refractivity contribution in [3.8, 4) is 11.5 Å². The highest BCUT2D eigenvalue weighted by Crippen LogP contribution is 2.22. The second-order valence-electron chi connectivity index (χ2n) is 5.58. The van der Waals surface area contributed by atoms with Crippen LogP contribution in [0.25, 0.3) is 0 Å². The van der Waals surface area contributed by atoms with Gasteiger partial charge in [-0.2, -0.15) is 0 Å². The number of carbonyl (C=O) groups excluding carboxylic acids is 1. The van der Waals surface area contributed by atoms with E-state index in [1.54, 1.807) is 7.11 Å². The third kappa shape index (κ3) is 4.49. The number of rotatable bonds is 6. The minimum Gasteiger partial charge on any atom is -0.496 e.